The zero-order chi connectivity index (χ0) is 28.3. The minimum Gasteiger partial charge on any atom is -0.507 e. The maximum Gasteiger partial charge on any atom is 0.300 e. The number of hydrogen-bond acceptors (Lipinski definition) is 5. The van der Waals surface area contributed by atoms with Crippen molar-refractivity contribution in [1.82, 2.24) is 0 Å². The Kier molecular flexibility index (Phi) is 8.44. The van der Waals surface area contributed by atoms with E-state index in [0.29, 0.717) is 29.5 Å². The number of ketones is 1. The Balaban J connectivity index is 1.84. The summed E-state index contributed by atoms with van der Waals surface area (Å²) >= 11 is 0. The molecule has 1 heterocycles. The van der Waals surface area contributed by atoms with Crippen LogP contribution in [0.3, 0.4) is 0 Å². The Labute approximate surface area is 231 Å². The second-order valence-electron chi connectivity index (χ2n) is 10.5. The zero-order valence-corrected chi connectivity index (χ0v) is 23.7. The van der Waals surface area contributed by atoms with E-state index in [9.17, 15) is 14.7 Å². The number of Topliss-reactive ketones (excluding diaryl/α,β-unsaturated/α-hetero) is 1. The number of aliphatic hydroxyl groups excluding tert-OH is 1. The van der Waals surface area contributed by atoms with Gasteiger partial charge in [0.05, 0.1) is 18.2 Å². The predicted molar refractivity (Wildman–Crippen MR) is 157 cm³/mol. The lowest BCUT2D eigenvalue weighted by molar-refractivity contribution is -0.132. The highest BCUT2D eigenvalue weighted by Gasteiger charge is 2.47. The van der Waals surface area contributed by atoms with E-state index in [-0.39, 0.29) is 11.3 Å². The first-order chi connectivity index (χ1) is 18.6. The first kappa shape index (κ1) is 28.0. The van der Waals surface area contributed by atoms with Crippen LogP contribution < -0.4 is 14.5 Å². The van der Waals surface area contributed by atoms with Crippen LogP contribution >= 0.6 is 0 Å². The van der Waals surface area contributed by atoms with E-state index in [1.807, 2.05) is 56.3 Å². The highest BCUT2D eigenvalue weighted by atomic mass is 16.5. The fourth-order valence-electron chi connectivity index (χ4n) is 5.09. The lowest BCUT2D eigenvalue weighted by Gasteiger charge is -2.27. The summed E-state index contributed by atoms with van der Waals surface area (Å²) < 4.78 is 5.77. The topological polar surface area (TPSA) is 70.1 Å². The standard InChI is InChI=1S/C33H38N2O4/c1-7-34(8-2)26-13-9-24(10-14-26)30-29(31(36)25-11-15-28(16-12-25)39-20-21(3)4)32(37)33(38)35(30)27-18-22(5)17-23(6)19-27/h9-19,21,30,36H,7-8,20H2,1-6H3/b31-29+. The van der Waals surface area contributed by atoms with Gasteiger partial charge in [0.25, 0.3) is 11.7 Å². The van der Waals surface area contributed by atoms with Crippen molar-refractivity contribution in [2.45, 2.75) is 47.6 Å². The quantitative estimate of drug-likeness (QED) is 0.188. The van der Waals surface area contributed by atoms with Gasteiger partial charge in [-0.25, -0.2) is 0 Å². The van der Waals surface area contributed by atoms with Gasteiger partial charge in [0, 0.05) is 30.0 Å². The van der Waals surface area contributed by atoms with Gasteiger partial charge < -0.3 is 14.7 Å². The molecule has 1 atom stereocenters. The molecule has 1 amide bonds. The average Bonchev–Trinajstić information content (AvgIpc) is 3.18. The number of aliphatic hydroxyl groups is 1. The van der Waals surface area contributed by atoms with Crippen LogP contribution in [-0.2, 0) is 9.59 Å². The second-order valence-corrected chi connectivity index (χ2v) is 10.5. The number of aryl methyl sites for hydroxylation is 2. The number of amides is 1. The molecule has 4 rings (SSSR count). The molecule has 1 N–H and O–H groups in total. The molecule has 3 aromatic carbocycles. The summed E-state index contributed by atoms with van der Waals surface area (Å²) in [6, 6.07) is 19.9. The molecule has 0 aromatic heterocycles. The third kappa shape index (κ3) is 5.85. The van der Waals surface area contributed by atoms with Gasteiger partial charge >= 0.3 is 0 Å². The van der Waals surface area contributed by atoms with Crippen LogP contribution in [0, 0.1) is 19.8 Å². The van der Waals surface area contributed by atoms with Gasteiger partial charge in [0.15, 0.2) is 0 Å². The summed E-state index contributed by atoms with van der Waals surface area (Å²) in [4.78, 5) is 30.8. The first-order valence-electron chi connectivity index (χ1n) is 13.6. The van der Waals surface area contributed by atoms with E-state index in [2.05, 4.69) is 32.6 Å². The number of hydrogen-bond donors (Lipinski definition) is 1. The monoisotopic (exact) mass is 526 g/mol. The van der Waals surface area contributed by atoms with Crippen LogP contribution in [0.25, 0.3) is 5.76 Å². The summed E-state index contributed by atoms with van der Waals surface area (Å²) in [6.07, 6.45) is 0. The molecule has 39 heavy (non-hydrogen) atoms. The van der Waals surface area contributed by atoms with Crippen LogP contribution in [0.5, 0.6) is 5.75 Å². The molecule has 6 heteroatoms. The number of carbonyl (C=O) groups excluding carboxylic acids is 2. The van der Waals surface area contributed by atoms with Crippen LogP contribution in [0.2, 0.25) is 0 Å². The molecule has 3 aromatic rings. The van der Waals surface area contributed by atoms with Gasteiger partial charge in [-0.1, -0.05) is 32.0 Å². The van der Waals surface area contributed by atoms with Crippen molar-refractivity contribution >= 4 is 28.8 Å². The Morgan fingerprint density at radius 1 is 0.923 bits per heavy atom. The molecule has 1 aliphatic heterocycles. The normalized spacial score (nSPS) is 16.7. The molecule has 0 bridgehead atoms. The molecule has 0 saturated carbocycles. The molecule has 0 aliphatic carbocycles. The Bertz CT molecular complexity index is 1350. The lowest BCUT2D eigenvalue weighted by Crippen LogP contribution is -2.29. The molecule has 0 spiro atoms. The Morgan fingerprint density at radius 3 is 2.05 bits per heavy atom. The number of anilines is 2. The zero-order valence-electron chi connectivity index (χ0n) is 23.7. The van der Waals surface area contributed by atoms with E-state index in [1.165, 1.54) is 4.90 Å². The van der Waals surface area contributed by atoms with E-state index in [1.54, 1.807) is 24.3 Å². The van der Waals surface area contributed by atoms with E-state index in [4.69, 9.17) is 4.74 Å². The fraction of sp³-hybridized carbons (Fsp3) is 0.333. The van der Waals surface area contributed by atoms with Gasteiger partial charge in [0.1, 0.15) is 11.5 Å². The van der Waals surface area contributed by atoms with Crippen molar-refractivity contribution in [3.8, 4) is 5.75 Å². The van der Waals surface area contributed by atoms with Crippen molar-refractivity contribution in [3.05, 3.63) is 94.6 Å². The Hall–Kier alpha value is -4.06. The minimum absolute atomic E-state index is 0.0746. The summed E-state index contributed by atoms with van der Waals surface area (Å²) in [5, 5.41) is 11.5. The molecule has 204 valence electrons. The molecular weight excluding hydrogens is 488 g/mol. The van der Waals surface area contributed by atoms with E-state index >= 15 is 0 Å². The van der Waals surface area contributed by atoms with Crippen molar-refractivity contribution in [2.75, 3.05) is 29.5 Å². The molecule has 1 aliphatic rings. The molecule has 1 fully saturated rings. The van der Waals surface area contributed by atoms with Gasteiger partial charge in [-0.3, -0.25) is 14.5 Å². The first-order valence-corrected chi connectivity index (χ1v) is 13.6. The fourth-order valence-corrected chi connectivity index (χ4v) is 5.09. The molecular formula is C33H38N2O4. The maximum absolute atomic E-state index is 13.5. The van der Waals surface area contributed by atoms with Crippen molar-refractivity contribution in [2.24, 2.45) is 5.92 Å². The number of carbonyl (C=O) groups is 2. The number of rotatable bonds is 9. The summed E-state index contributed by atoms with van der Waals surface area (Å²) in [6.45, 7) is 14.6. The predicted octanol–water partition coefficient (Wildman–Crippen LogP) is 6.81. The lowest BCUT2D eigenvalue weighted by atomic mass is 9.94. The van der Waals surface area contributed by atoms with Crippen molar-refractivity contribution in [1.29, 1.82) is 0 Å². The number of nitrogens with zero attached hydrogens (tertiary/aromatic N) is 2. The van der Waals surface area contributed by atoms with Gasteiger partial charge in [-0.2, -0.15) is 0 Å². The summed E-state index contributed by atoms with van der Waals surface area (Å²) in [7, 11) is 0. The van der Waals surface area contributed by atoms with E-state index in [0.717, 1.165) is 35.5 Å². The second kappa shape index (κ2) is 11.8. The van der Waals surface area contributed by atoms with Crippen LogP contribution in [-0.4, -0.2) is 36.5 Å². The van der Waals surface area contributed by atoms with Gasteiger partial charge in [-0.15, -0.1) is 0 Å². The van der Waals surface area contributed by atoms with Crippen molar-refractivity contribution in [3.63, 3.8) is 0 Å². The van der Waals surface area contributed by atoms with Gasteiger partial charge in [0.2, 0.25) is 0 Å². The third-order valence-corrected chi connectivity index (χ3v) is 6.98. The van der Waals surface area contributed by atoms with E-state index < -0.39 is 17.7 Å². The summed E-state index contributed by atoms with van der Waals surface area (Å²) in [5.41, 5.74) is 4.94. The van der Waals surface area contributed by atoms with Crippen LogP contribution in [0.4, 0.5) is 11.4 Å². The van der Waals surface area contributed by atoms with Crippen LogP contribution in [0.15, 0.2) is 72.3 Å². The Morgan fingerprint density at radius 2 is 1.51 bits per heavy atom. The molecule has 0 radical (unpaired) electrons. The summed E-state index contributed by atoms with van der Waals surface area (Å²) in [5.74, 6) is -0.499. The van der Waals surface area contributed by atoms with Crippen molar-refractivity contribution < 1.29 is 19.4 Å². The van der Waals surface area contributed by atoms with Gasteiger partial charge in [-0.05, 0) is 98.8 Å². The molecule has 1 saturated heterocycles. The molecule has 1 unspecified atom stereocenters. The largest absolute Gasteiger partial charge is 0.507 e. The number of ether oxygens (including phenoxy) is 1. The average molecular weight is 527 g/mol. The highest BCUT2D eigenvalue weighted by Crippen LogP contribution is 2.43. The smallest absolute Gasteiger partial charge is 0.300 e. The number of benzene rings is 3. The highest BCUT2D eigenvalue weighted by molar-refractivity contribution is 6.51. The minimum atomic E-state index is -0.770. The van der Waals surface area contributed by atoms with Crippen LogP contribution in [0.1, 0.15) is 56.0 Å². The molecule has 6 nitrogen and oxygen atoms in total. The maximum atomic E-state index is 13.5. The third-order valence-electron chi connectivity index (χ3n) is 6.98. The SMILES string of the molecule is CCN(CC)c1ccc(C2/C(=C(\O)c3ccc(OCC(C)C)cc3)C(=O)C(=O)N2c2cc(C)cc(C)c2)cc1.